The van der Waals surface area contributed by atoms with Gasteiger partial charge in [-0.3, -0.25) is 9.59 Å². The van der Waals surface area contributed by atoms with Crippen molar-refractivity contribution < 1.29 is 23.8 Å². The normalized spacial score (nSPS) is 13.6. The average molecular weight is 419 g/mol. The highest BCUT2D eigenvalue weighted by atomic mass is 16.5. The molecule has 2 heterocycles. The van der Waals surface area contributed by atoms with E-state index in [0.29, 0.717) is 30.2 Å². The average Bonchev–Trinajstić information content (AvgIpc) is 3.41. The highest BCUT2D eigenvalue weighted by Crippen LogP contribution is 2.35. The van der Waals surface area contributed by atoms with Gasteiger partial charge in [-0.05, 0) is 35.9 Å². The van der Waals surface area contributed by atoms with E-state index in [1.54, 1.807) is 43.9 Å². The van der Waals surface area contributed by atoms with Crippen molar-refractivity contribution in [3.8, 4) is 17.2 Å². The van der Waals surface area contributed by atoms with E-state index in [2.05, 4.69) is 10.3 Å². The zero-order valence-corrected chi connectivity index (χ0v) is 16.9. The van der Waals surface area contributed by atoms with Crippen molar-refractivity contribution in [3.05, 3.63) is 78.1 Å². The number of ketones is 1. The number of carbonyl (C=O) groups excluding carboxylic acids is 2. The second-order valence-corrected chi connectivity index (χ2v) is 6.81. The van der Waals surface area contributed by atoms with Gasteiger partial charge in [-0.15, -0.1) is 0 Å². The SMILES string of the molecule is COc1ccc(C=C2Oc3cc(OCC(=O)NCCn4ccnc4)ccc3C2=O)cc1. The summed E-state index contributed by atoms with van der Waals surface area (Å²) in [5, 5.41) is 2.78. The molecule has 4 rings (SSSR count). The van der Waals surface area contributed by atoms with Crippen LogP contribution < -0.4 is 19.5 Å². The van der Waals surface area contributed by atoms with Crippen molar-refractivity contribution in [1.29, 1.82) is 0 Å². The molecule has 1 aliphatic heterocycles. The number of imidazole rings is 1. The third kappa shape index (κ3) is 4.92. The summed E-state index contributed by atoms with van der Waals surface area (Å²) in [7, 11) is 1.60. The number of Topliss-reactive ketones (excluding diaryl/α,β-unsaturated/α-hetero) is 1. The fourth-order valence-corrected chi connectivity index (χ4v) is 3.05. The molecule has 2 aromatic carbocycles. The van der Waals surface area contributed by atoms with Crippen LogP contribution >= 0.6 is 0 Å². The second kappa shape index (κ2) is 9.17. The van der Waals surface area contributed by atoms with Crippen molar-refractivity contribution in [3.63, 3.8) is 0 Å². The molecule has 0 radical (unpaired) electrons. The molecule has 8 nitrogen and oxygen atoms in total. The topological polar surface area (TPSA) is 91.7 Å². The third-order valence-corrected chi connectivity index (χ3v) is 4.68. The molecule has 1 N–H and O–H groups in total. The monoisotopic (exact) mass is 419 g/mol. The molecule has 0 bridgehead atoms. The van der Waals surface area contributed by atoms with Crippen LogP contribution in [0.5, 0.6) is 17.2 Å². The maximum atomic E-state index is 12.6. The van der Waals surface area contributed by atoms with Gasteiger partial charge in [0, 0.05) is 31.5 Å². The van der Waals surface area contributed by atoms with E-state index in [1.807, 2.05) is 35.0 Å². The Morgan fingerprint density at radius 2 is 2.00 bits per heavy atom. The Labute approximate surface area is 179 Å². The molecule has 3 aromatic rings. The molecular weight excluding hydrogens is 398 g/mol. The maximum Gasteiger partial charge on any atom is 0.258 e. The Morgan fingerprint density at radius 1 is 1.19 bits per heavy atom. The van der Waals surface area contributed by atoms with Crippen molar-refractivity contribution in [1.82, 2.24) is 14.9 Å². The number of methoxy groups -OCH3 is 1. The van der Waals surface area contributed by atoms with E-state index in [9.17, 15) is 9.59 Å². The van der Waals surface area contributed by atoms with E-state index in [1.165, 1.54) is 0 Å². The van der Waals surface area contributed by atoms with Crippen LogP contribution in [0.15, 0.2) is 66.9 Å². The van der Waals surface area contributed by atoms with Gasteiger partial charge in [0.1, 0.15) is 17.2 Å². The number of hydrogen-bond acceptors (Lipinski definition) is 6. The van der Waals surface area contributed by atoms with Gasteiger partial charge in [-0.1, -0.05) is 12.1 Å². The van der Waals surface area contributed by atoms with Crippen LogP contribution in [0.25, 0.3) is 6.08 Å². The number of carbonyl (C=O) groups is 2. The fourth-order valence-electron chi connectivity index (χ4n) is 3.05. The minimum absolute atomic E-state index is 0.134. The number of amides is 1. The van der Waals surface area contributed by atoms with Crippen LogP contribution in [0.4, 0.5) is 0 Å². The van der Waals surface area contributed by atoms with Gasteiger partial charge in [-0.2, -0.15) is 0 Å². The van der Waals surface area contributed by atoms with Crippen molar-refractivity contribution in [2.45, 2.75) is 6.54 Å². The van der Waals surface area contributed by atoms with Crippen LogP contribution in [0.3, 0.4) is 0 Å². The standard InChI is InChI=1S/C23H21N3O5/c1-29-17-4-2-16(3-5-17)12-21-23(28)19-7-6-18(13-20(19)31-21)30-14-22(27)25-9-11-26-10-8-24-15-26/h2-8,10,12-13,15H,9,11,14H2,1H3,(H,25,27). The molecule has 0 saturated heterocycles. The minimum Gasteiger partial charge on any atom is -0.497 e. The Morgan fingerprint density at radius 3 is 2.74 bits per heavy atom. The lowest BCUT2D eigenvalue weighted by Crippen LogP contribution is -2.31. The molecule has 158 valence electrons. The molecule has 0 unspecified atom stereocenters. The lowest BCUT2D eigenvalue weighted by molar-refractivity contribution is -0.123. The smallest absolute Gasteiger partial charge is 0.258 e. The van der Waals surface area contributed by atoms with Gasteiger partial charge >= 0.3 is 0 Å². The van der Waals surface area contributed by atoms with Crippen LogP contribution in [0, 0.1) is 0 Å². The summed E-state index contributed by atoms with van der Waals surface area (Å²) in [6, 6.07) is 12.2. The van der Waals surface area contributed by atoms with Crippen LogP contribution in [0.1, 0.15) is 15.9 Å². The first-order chi connectivity index (χ1) is 15.1. The summed E-state index contributed by atoms with van der Waals surface area (Å²) in [6.07, 6.45) is 6.87. The van der Waals surface area contributed by atoms with Gasteiger partial charge in [0.05, 0.1) is 19.0 Å². The molecule has 31 heavy (non-hydrogen) atoms. The zero-order valence-electron chi connectivity index (χ0n) is 16.9. The van der Waals surface area contributed by atoms with Crippen molar-refractivity contribution in [2.75, 3.05) is 20.3 Å². The highest BCUT2D eigenvalue weighted by molar-refractivity contribution is 6.14. The molecule has 0 fully saturated rings. The largest absolute Gasteiger partial charge is 0.497 e. The minimum atomic E-state index is -0.238. The number of rotatable bonds is 8. The Balaban J connectivity index is 1.33. The summed E-state index contributed by atoms with van der Waals surface area (Å²) < 4.78 is 18.3. The lowest BCUT2D eigenvalue weighted by Gasteiger charge is -2.08. The molecule has 1 aromatic heterocycles. The Bertz CT molecular complexity index is 1100. The number of ether oxygens (including phenoxy) is 3. The van der Waals surface area contributed by atoms with Crippen LogP contribution in [-0.4, -0.2) is 41.5 Å². The number of aromatic nitrogens is 2. The zero-order chi connectivity index (χ0) is 21.6. The molecule has 0 atom stereocenters. The van der Waals surface area contributed by atoms with E-state index >= 15 is 0 Å². The summed E-state index contributed by atoms with van der Waals surface area (Å²) >= 11 is 0. The molecule has 8 heteroatoms. The van der Waals surface area contributed by atoms with Crippen molar-refractivity contribution >= 4 is 17.8 Å². The van der Waals surface area contributed by atoms with E-state index in [-0.39, 0.29) is 24.1 Å². The summed E-state index contributed by atoms with van der Waals surface area (Å²) in [6.45, 7) is 0.967. The van der Waals surface area contributed by atoms with Gasteiger partial charge in [0.15, 0.2) is 12.4 Å². The van der Waals surface area contributed by atoms with Gasteiger partial charge in [0.2, 0.25) is 5.78 Å². The third-order valence-electron chi connectivity index (χ3n) is 4.68. The highest BCUT2D eigenvalue weighted by Gasteiger charge is 2.27. The number of nitrogens with one attached hydrogen (secondary N) is 1. The van der Waals surface area contributed by atoms with Crippen LogP contribution in [-0.2, 0) is 11.3 Å². The number of nitrogens with zero attached hydrogens (tertiary/aromatic N) is 2. The van der Waals surface area contributed by atoms with Crippen LogP contribution in [0.2, 0.25) is 0 Å². The van der Waals surface area contributed by atoms with Crippen molar-refractivity contribution in [2.24, 2.45) is 0 Å². The first kappa shape index (κ1) is 20.2. The fraction of sp³-hybridized carbons (Fsp3) is 0.174. The van der Waals surface area contributed by atoms with Gasteiger partial charge in [0.25, 0.3) is 5.91 Å². The van der Waals surface area contributed by atoms with Gasteiger partial charge in [-0.25, -0.2) is 4.98 Å². The molecular formula is C23H21N3O5. The first-order valence-corrected chi connectivity index (χ1v) is 9.70. The Kier molecular flexibility index (Phi) is 5.98. The molecule has 0 spiro atoms. The number of hydrogen-bond donors (Lipinski definition) is 1. The number of fused-ring (bicyclic) bond motifs is 1. The van der Waals surface area contributed by atoms with E-state index < -0.39 is 0 Å². The predicted molar refractivity (Wildman–Crippen MR) is 113 cm³/mol. The maximum absolute atomic E-state index is 12.6. The quantitative estimate of drug-likeness (QED) is 0.565. The molecule has 0 saturated carbocycles. The van der Waals surface area contributed by atoms with E-state index in [4.69, 9.17) is 14.2 Å². The Hall–Kier alpha value is -4.07. The predicted octanol–water partition coefficient (Wildman–Crippen LogP) is 2.70. The lowest BCUT2D eigenvalue weighted by atomic mass is 10.1. The molecule has 1 amide bonds. The second-order valence-electron chi connectivity index (χ2n) is 6.81. The summed E-state index contributed by atoms with van der Waals surface area (Å²) in [5.74, 6) is 1.38. The van der Waals surface area contributed by atoms with E-state index in [0.717, 1.165) is 11.3 Å². The first-order valence-electron chi connectivity index (χ1n) is 9.70. The molecule has 0 aliphatic carbocycles. The molecule has 1 aliphatic rings. The summed E-state index contributed by atoms with van der Waals surface area (Å²) in [4.78, 5) is 28.5. The summed E-state index contributed by atoms with van der Waals surface area (Å²) in [5.41, 5.74) is 1.28. The van der Waals surface area contributed by atoms with Gasteiger partial charge < -0.3 is 24.1 Å². The number of allylic oxidation sites excluding steroid dienone is 1. The number of benzene rings is 2.